The Bertz CT molecular complexity index is 1350. The summed E-state index contributed by atoms with van der Waals surface area (Å²) in [6, 6.07) is 19.8. The van der Waals surface area contributed by atoms with Gasteiger partial charge in [0.05, 0.1) is 12.2 Å². The lowest BCUT2D eigenvalue weighted by Crippen LogP contribution is -2.26. The summed E-state index contributed by atoms with van der Waals surface area (Å²) < 4.78 is 18.8. The molecule has 1 aliphatic carbocycles. The first-order valence-electron chi connectivity index (χ1n) is 13.3. The second kappa shape index (κ2) is 11.7. The number of allylic oxidation sites excluding steroid dienone is 1. The van der Waals surface area contributed by atoms with Crippen LogP contribution in [0.1, 0.15) is 63.9 Å². The van der Waals surface area contributed by atoms with Gasteiger partial charge in [0.1, 0.15) is 11.9 Å². The third-order valence-corrected chi connectivity index (χ3v) is 7.84. The lowest BCUT2D eigenvalue weighted by Gasteiger charge is -2.19. The van der Waals surface area contributed by atoms with Crippen LogP contribution in [-0.4, -0.2) is 48.4 Å². The van der Waals surface area contributed by atoms with Gasteiger partial charge in [-0.3, -0.25) is 9.29 Å². The van der Waals surface area contributed by atoms with Crippen molar-refractivity contribution < 1.29 is 19.0 Å². The van der Waals surface area contributed by atoms with E-state index in [0.717, 1.165) is 89.5 Å². The summed E-state index contributed by atoms with van der Waals surface area (Å²) in [7, 11) is 0. The minimum Gasteiger partial charge on any atom is -0.489 e. The molecule has 0 bridgehead atoms. The Morgan fingerprint density at radius 1 is 1.08 bits per heavy atom. The number of carboxylic acid groups (broad SMARTS) is 1. The number of aryl methyl sites for hydroxylation is 2. The van der Waals surface area contributed by atoms with Crippen LogP contribution in [0.25, 0.3) is 11.1 Å². The smallest absolute Gasteiger partial charge is 0.335 e. The molecule has 0 aromatic heterocycles. The number of ether oxygens (including phenoxy) is 1. The van der Waals surface area contributed by atoms with Gasteiger partial charge in [0, 0.05) is 24.7 Å². The molecule has 1 fully saturated rings. The molecule has 0 amide bonds. The highest BCUT2D eigenvalue weighted by atomic mass is 35.5. The van der Waals surface area contributed by atoms with Crippen molar-refractivity contribution in [3.63, 3.8) is 0 Å². The number of halogens is 2. The van der Waals surface area contributed by atoms with E-state index < -0.39 is 5.97 Å². The maximum absolute atomic E-state index is 12.5. The molecule has 0 radical (unpaired) electrons. The van der Waals surface area contributed by atoms with E-state index in [0.29, 0.717) is 12.0 Å². The Kier molecular flexibility index (Phi) is 8.15. The summed E-state index contributed by atoms with van der Waals surface area (Å²) in [4.78, 5) is 13.9. The largest absolute Gasteiger partial charge is 0.489 e. The molecular weight excluding hydrogens is 501 g/mol. The van der Waals surface area contributed by atoms with Gasteiger partial charge in [0.15, 0.2) is 0 Å². The zero-order valence-electron chi connectivity index (χ0n) is 21.7. The topological polar surface area (TPSA) is 49.8 Å². The Morgan fingerprint density at radius 3 is 2.61 bits per heavy atom. The Hall–Kier alpha value is -3.15. The number of rotatable bonds is 8. The van der Waals surface area contributed by atoms with E-state index in [1.54, 1.807) is 6.07 Å². The van der Waals surface area contributed by atoms with Gasteiger partial charge in [-0.05, 0) is 108 Å². The summed E-state index contributed by atoms with van der Waals surface area (Å²) in [6.45, 7) is 4.28. The summed E-state index contributed by atoms with van der Waals surface area (Å²) >= 11 is 6.77. The van der Waals surface area contributed by atoms with Crippen LogP contribution in [0.5, 0.6) is 5.75 Å². The Morgan fingerprint density at radius 2 is 1.87 bits per heavy atom. The number of aromatic carboxylic acids is 1. The number of nitrogens with zero attached hydrogens (tertiary/aromatic N) is 1. The monoisotopic (exact) mass is 533 g/mol. The maximum atomic E-state index is 12.5. The van der Waals surface area contributed by atoms with Gasteiger partial charge >= 0.3 is 5.97 Å². The number of carbonyl (C=O) groups is 1. The van der Waals surface area contributed by atoms with Gasteiger partial charge in [0.2, 0.25) is 0 Å². The van der Waals surface area contributed by atoms with Crippen LogP contribution in [0, 0.1) is 6.92 Å². The van der Waals surface area contributed by atoms with Gasteiger partial charge in [-0.2, -0.15) is 0 Å². The second-order valence-electron chi connectivity index (χ2n) is 10.3. The molecule has 1 N–H and O–H groups in total. The fourth-order valence-corrected chi connectivity index (χ4v) is 6.01. The Balaban J connectivity index is 1.51. The van der Waals surface area contributed by atoms with Gasteiger partial charge in [-0.25, -0.2) is 4.79 Å². The molecule has 0 unspecified atom stereocenters. The highest BCUT2D eigenvalue weighted by Gasteiger charge is 2.25. The van der Waals surface area contributed by atoms with Crippen LogP contribution < -0.4 is 4.74 Å². The van der Waals surface area contributed by atoms with Crippen molar-refractivity contribution in [1.29, 1.82) is 0 Å². The van der Waals surface area contributed by atoms with Crippen LogP contribution in [0.2, 0.25) is 5.02 Å². The van der Waals surface area contributed by atoms with Gasteiger partial charge in [-0.1, -0.05) is 41.9 Å². The van der Waals surface area contributed by atoms with E-state index in [1.807, 2.05) is 37.3 Å². The molecule has 1 heterocycles. The second-order valence-corrected chi connectivity index (χ2v) is 10.7. The summed E-state index contributed by atoms with van der Waals surface area (Å²) in [5.74, 6) is -0.0993. The molecule has 1 saturated heterocycles. The minimum absolute atomic E-state index is 0.106. The highest BCUT2D eigenvalue weighted by Crippen LogP contribution is 2.42. The van der Waals surface area contributed by atoms with E-state index >= 15 is 0 Å². The SMILES string of the molecule is Cc1ccc(C2=C(c3ccc(O[C@H]4CCN(CCCF)C4)cc3)c3ccc(C(=O)O)cc3CCC2)c(Cl)c1. The van der Waals surface area contributed by atoms with E-state index in [-0.39, 0.29) is 12.8 Å². The van der Waals surface area contributed by atoms with E-state index in [9.17, 15) is 14.3 Å². The van der Waals surface area contributed by atoms with Crippen LogP contribution >= 0.6 is 11.6 Å². The number of hydrogen-bond acceptors (Lipinski definition) is 3. The van der Waals surface area contributed by atoms with Gasteiger partial charge in [0.25, 0.3) is 0 Å². The molecule has 4 nitrogen and oxygen atoms in total. The normalized spacial score (nSPS) is 17.8. The molecule has 3 aromatic carbocycles. The number of likely N-dealkylation sites (tertiary alicyclic amines) is 1. The fraction of sp³-hybridized carbons (Fsp3) is 0.344. The molecular formula is C32H33ClFNO3. The predicted molar refractivity (Wildman–Crippen MR) is 151 cm³/mol. The van der Waals surface area contributed by atoms with E-state index in [2.05, 4.69) is 29.2 Å². The fourth-order valence-electron chi connectivity index (χ4n) is 5.66. The molecule has 1 atom stereocenters. The van der Waals surface area contributed by atoms with Crippen molar-refractivity contribution in [1.82, 2.24) is 4.90 Å². The highest BCUT2D eigenvalue weighted by molar-refractivity contribution is 6.32. The van der Waals surface area contributed by atoms with Crippen molar-refractivity contribution in [2.24, 2.45) is 0 Å². The average Bonchev–Trinajstić information content (AvgIpc) is 3.26. The van der Waals surface area contributed by atoms with Gasteiger partial charge in [-0.15, -0.1) is 0 Å². The van der Waals surface area contributed by atoms with Crippen LogP contribution in [-0.2, 0) is 6.42 Å². The zero-order chi connectivity index (χ0) is 26.6. The average molecular weight is 534 g/mol. The van der Waals surface area contributed by atoms with Gasteiger partial charge < -0.3 is 9.84 Å². The lowest BCUT2D eigenvalue weighted by molar-refractivity contribution is 0.0696. The van der Waals surface area contributed by atoms with Crippen molar-refractivity contribution in [2.45, 2.75) is 45.1 Å². The molecule has 2 aliphatic rings. The third kappa shape index (κ3) is 5.79. The first-order valence-corrected chi connectivity index (χ1v) is 13.7. The van der Waals surface area contributed by atoms with E-state index in [1.165, 1.54) is 5.57 Å². The quantitative estimate of drug-likeness (QED) is 0.326. The number of benzene rings is 3. The first kappa shape index (κ1) is 26.5. The summed E-state index contributed by atoms with van der Waals surface area (Å²) in [5, 5.41) is 10.3. The minimum atomic E-state index is -0.916. The molecule has 0 spiro atoms. The molecule has 6 heteroatoms. The maximum Gasteiger partial charge on any atom is 0.335 e. The van der Waals surface area contributed by atoms with Crippen LogP contribution in [0.15, 0.2) is 60.7 Å². The van der Waals surface area contributed by atoms with Crippen molar-refractivity contribution in [3.05, 3.63) is 99.1 Å². The molecule has 0 saturated carbocycles. The standard InChI is InChI=1S/C32H33ClFNO3/c1-21-6-12-28(30(33)18-21)29-5-2-4-23-19-24(32(36)37)9-13-27(23)31(29)22-7-10-25(11-8-22)38-26-14-17-35(20-26)16-3-15-34/h6-13,18-19,26H,2-5,14-17,20H2,1H3,(H,36,37)/t26-/m0/s1. The first-order chi connectivity index (χ1) is 18.4. The molecule has 38 heavy (non-hydrogen) atoms. The van der Waals surface area contributed by atoms with Crippen molar-refractivity contribution in [3.8, 4) is 5.75 Å². The van der Waals surface area contributed by atoms with Crippen LogP contribution in [0.3, 0.4) is 0 Å². The summed E-state index contributed by atoms with van der Waals surface area (Å²) in [6.07, 6.45) is 4.16. The summed E-state index contributed by atoms with van der Waals surface area (Å²) in [5.41, 5.74) is 7.83. The number of fused-ring (bicyclic) bond motifs is 1. The molecule has 198 valence electrons. The molecule has 1 aliphatic heterocycles. The van der Waals surface area contributed by atoms with Crippen LogP contribution in [0.4, 0.5) is 4.39 Å². The predicted octanol–water partition coefficient (Wildman–Crippen LogP) is 7.45. The van der Waals surface area contributed by atoms with E-state index in [4.69, 9.17) is 16.3 Å². The van der Waals surface area contributed by atoms with Crippen molar-refractivity contribution in [2.75, 3.05) is 26.3 Å². The zero-order valence-corrected chi connectivity index (χ0v) is 22.4. The number of hydrogen-bond donors (Lipinski definition) is 1. The molecule has 5 rings (SSSR count). The lowest BCUT2D eigenvalue weighted by atomic mass is 9.87. The molecule has 3 aromatic rings. The number of alkyl halides is 1. The van der Waals surface area contributed by atoms with Crippen molar-refractivity contribution >= 4 is 28.7 Å². The third-order valence-electron chi connectivity index (χ3n) is 7.53. The Labute approximate surface area is 228 Å². The number of carboxylic acids is 1.